The monoisotopic (exact) mass is 292 g/mol. The zero-order chi connectivity index (χ0) is 14.6. The highest BCUT2D eigenvalue weighted by Crippen LogP contribution is 2.14. The van der Waals surface area contributed by atoms with Crippen molar-refractivity contribution in [3.63, 3.8) is 0 Å². The van der Waals surface area contributed by atoms with Gasteiger partial charge >= 0.3 is 0 Å². The average Bonchev–Trinajstić information content (AvgIpc) is 2.25. The number of nitrogens with zero attached hydrogens (tertiary/aromatic N) is 1. The lowest BCUT2D eigenvalue weighted by atomic mass is 10.0. The van der Waals surface area contributed by atoms with Gasteiger partial charge in [0, 0.05) is 13.1 Å². The number of likely N-dealkylation sites (tertiary alicyclic amines) is 1. The molecule has 1 heterocycles. The second-order valence-electron chi connectivity index (χ2n) is 5.63. The average molecular weight is 292 g/mol. The summed E-state index contributed by atoms with van der Waals surface area (Å²) in [5.41, 5.74) is 0. The maximum Gasteiger partial charge on any atom is 0.240 e. The van der Waals surface area contributed by atoms with Crippen molar-refractivity contribution in [2.45, 2.75) is 45.3 Å². The Bertz CT molecular complexity index is 400. The molecular formula is C12H24N2O4S. The summed E-state index contributed by atoms with van der Waals surface area (Å²) in [6.07, 6.45) is 2.30. The highest BCUT2D eigenvalue weighted by Gasteiger charge is 2.29. The van der Waals surface area contributed by atoms with Gasteiger partial charge in [0.15, 0.2) is 0 Å². The summed E-state index contributed by atoms with van der Waals surface area (Å²) < 4.78 is 25.1. The smallest absolute Gasteiger partial charge is 0.240 e. The summed E-state index contributed by atoms with van der Waals surface area (Å²) in [6.45, 7) is 4.87. The molecule has 0 bridgehead atoms. The molecule has 0 saturated carbocycles. The third-order valence-corrected chi connectivity index (χ3v) is 3.85. The summed E-state index contributed by atoms with van der Waals surface area (Å²) in [5.74, 6) is 0.0320. The van der Waals surface area contributed by atoms with Crippen LogP contribution in [0.25, 0.3) is 0 Å². The number of hydrogen-bond acceptors (Lipinski definition) is 4. The molecule has 1 fully saturated rings. The van der Waals surface area contributed by atoms with Gasteiger partial charge in [-0.3, -0.25) is 4.79 Å². The van der Waals surface area contributed by atoms with E-state index in [1.54, 1.807) is 4.90 Å². The van der Waals surface area contributed by atoms with Crippen LogP contribution in [0.1, 0.15) is 33.1 Å². The molecule has 19 heavy (non-hydrogen) atoms. The maximum absolute atomic E-state index is 12.3. The van der Waals surface area contributed by atoms with E-state index in [-0.39, 0.29) is 17.9 Å². The van der Waals surface area contributed by atoms with Crippen LogP contribution >= 0.6 is 0 Å². The van der Waals surface area contributed by atoms with E-state index in [1.807, 2.05) is 13.8 Å². The van der Waals surface area contributed by atoms with Gasteiger partial charge in [0.25, 0.3) is 0 Å². The minimum Gasteiger partial charge on any atom is -0.393 e. The Morgan fingerprint density at radius 3 is 2.32 bits per heavy atom. The molecule has 1 aliphatic heterocycles. The molecule has 0 radical (unpaired) electrons. The highest BCUT2D eigenvalue weighted by atomic mass is 32.2. The number of rotatable bonds is 5. The van der Waals surface area contributed by atoms with Crippen molar-refractivity contribution in [2.24, 2.45) is 5.92 Å². The quantitative estimate of drug-likeness (QED) is 0.743. The molecule has 7 heteroatoms. The van der Waals surface area contributed by atoms with E-state index in [0.29, 0.717) is 32.4 Å². The molecule has 1 rings (SSSR count). The predicted octanol–water partition coefficient (Wildman–Crippen LogP) is -0.0664. The first-order valence-corrected chi connectivity index (χ1v) is 8.52. The van der Waals surface area contributed by atoms with Gasteiger partial charge in [-0.2, -0.15) is 0 Å². The number of nitrogens with one attached hydrogen (secondary N) is 1. The van der Waals surface area contributed by atoms with Gasteiger partial charge in [0.1, 0.15) is 6.04 Å². The fraction of sp³-hybridized carbons (Fsp3) is 0.917. The van der Waals surface area contributed by atoms with Crippen LogP contribution in [-0.4, -0.2) is 55.8 Å². The van der Waals surface area contributed by atoms with Crippen LogP contribution in [0.3, 0.4) is 0 Å². The van der Waals surface area contributed by atoms with Crippen molar-refractivity contribution in [1.29, 1.82) is 0 Å². The van der Waals surface area contributed by atoms with E-state index < -0.39 is 16.1 Å². The number of aliphatic hydroxyl groups excluding tert-OH is 1. The lowest BCUT2D eigenvalue weighted by molar-refractivity contribution is -0.135. The number of sulfonamides is 1. The van der Waals surface area contributed by atoms with Crippen LogP contribution in [0.4, 0.5) is 0 Å². The molecule has 1 amide bonds. The SMILES string of the molecule is CC(C)CC(NS(C)(=O)=O)C(=O)N1CCC(O)CC1. The number of aliphatic hydroxyl groups is 1. The third-order valence-electron chi connectivity index (χ3n) is 3.14. The summed E-state index contributed by atoms with van der Waals surface area (Å²) in [5, 5.41) is 9.43. The van der Waals surface area contributed by atoms with Crippen molar-refractivity contribution < 1.29 is 18.3 Å². The van der Waals surface area contributed by atoms with Crippen molar-refractivity contribution in [3.05, 3.63) is 0 Å². The largest absolute Gasteiger partial charge is 0.393 e. The molecule has 1 aliphatic rings. The number of piperidine rings is 1. The minimum atomic E-state index is -3.41. The number of amides is 1. The molecule has 0 aromatic heterocycles. The second kappa shape index (κ2) is 6.67. The summed E-state index contributed by atoms with van der Waals surface area (Å²) in [4.78, 5) is 14.0. The molecule has 0 aliphatic carbocycles. The van der Waals surface area contributed by atoms with Gasteiger partial charge in [-0.25, -0.2) is 13.1 Å². The van der Waals surface area contributed by atoms with Crippen LogP contribution in [-0.2, 0) is 14.8 Å². The van der Waals surface area contributed by atoms with Crippen molar-refractivity contribution in [2.75, 3.05) is 19.3 Å². The molecule has 6 nitrogen and oxygen atoms in total. The number of carbonyl (C=O) groups excluding carboxylic acids is 1. The maximum atomic E-state index is 12.3. The van der Waals surface area contributed by atoms with E-state index in [0.717, 1.165) is 6.26 Å². The van der Waals surface area contributed by atoms with Crippen LogP contribution in [0.15, 0.2) is 0 Å². The molecule has 112 valence electrons. The molecule has 1 atom stereocenters. The highest BCUT2D eigenvalue weighted by molar-refractivity contribution is 7.88. The summed E-state index contributed by atoms with van der Waals surface area (Å²) in [6, 6.07) is -0.703. The van der Waals surface area contributed by atoms with Gasteiger partial charge in [0.05, 0.1) is 12.4 Å². The fourth-order valence-electron chi connectivity index (χ4n) is 2.24. The van der Waals surface area contributed by atoms with E-state index >= 15 is 0 Å². The number of carbonyl (C=O) groups is 1. The molecular weight excluding hydrogens is 268 g/mol. The Kier molecular flexibility index (Phi) is 5.76. The van der Waals surface area contributed by atoms with E-state index in [9.17, 15) is 18.3 Å². The molecule has 2 N–H and O–H groups in total. The first-order chi connectivity index (χ1) is 8.69. The van der Waals surface area contributed by atoms with Crippen LogP contribution in [0, 0.1) is 5.92 Å². The normalized spacial score (nSPS) is 19.7. The second-order valence-corrected chi connectivity index (χ2v) is 7.41. The fourth-order valence-corrected chi connectivity index (χ4v) is 2.95. The van der Waals surface area contributed by atoms with E-state index in [2.05, 4.69) is 4.72 Å². The van der Waals surface area contributed by atoms with Crippen LogP contribution in [0.5, 0.6) is 0 Å². The van der Waals surface area contributed by atoms with Crippen molar-refractivity contribution >= 4 is 15.9 Å². The number of hydrogen-bond donors (Lipinski definition) is 2. The first-order valence-electron chi connectivity index (χ1n) is 6.63. The first kappa shape index (κ1) is 16.4. The Morgan fingerprint density at radius 2 is 1.89 bits per heavy atom. The van der Waals surface area contributed by atoms with E-state index in [4.69, 9.17) is 0 Å². The Balaban J connectivity index is 2.70. The van der Waals surface area contributed by atoms with Crippen LogP contribution in [0.2, 0.25) is 0 Å². The molecule has 0 spiro atoms. The molecule has 1 unspecified atom stereocenters. The van der Waals surface area contributed by atoms with Crippen molar-refractivity contribution in [1.82, 2.24) is 9.62 Å². The Morgan fingerprint density at radius 1 is 1.37 bits per heavy atom. The lowest BCUT2D eigenvalue weighted by Gasteiger charge is -2.33. The van der Waals surface area contributed by atoms with Gasteiger partial charge in [-0.15, -0.1) is 0 Å². The van der Waals surface area contributed by atoms with Gasteiger partial charge in [-0.1, -0.05) is 13.8 Å². The van der Waals surface area contributed by atoms with Gasteiger partial charge < -0.3 is 10.0 Å². The summed E-state index contributed by atoms with van der Waals surface area (Å²) in [7, 11) is -3.41. The van der Waals surface area contributed by atoms with Gasteiger partial charge in [-0.05, 0) is 25.2 Å². The predicted molar refractivity (Wildman–Crippen MR) is 73.0 cm³/mol. The molecule has 0 aromatic rings. The Labute approximate surface area is 115 Å². The molecule has 0 aromatic carbocycles. The van der Waals surface area contributed by atoms with Crippen molar-refractivity contribution in [3.8, 4) is 0 Å². The summed E-state index contributed by atoms with van der Waals surface area (Å²) >= 11 is 0. The van der Waals surface area contributed by atoms with Gasteiger partial charge in [0.2, 0.25) is 15.9 Å². The molecule has 1 saturated heterocycles. The Hall–Kier alpha value is -0.660. The van der Waals surface area contributed by atoms with Crippen LogP contribution < -0.4 is 4.72 Å². The third kappa shape index (κ3) is 5.88. The zero-order valence-corrected chi connectivity index (χ0v) is 12.6. The van der Waals surface area contributed by atoms with E-state index in [1.165, 1.54) is 0 Å². The standard InChI is InChI=1S/C12H24N2O4S/c1-9(2)8-11(13-19(3,17)18)12(16)14-6-4-10(15)5-7-14/h9-11,13,15H,4-8H2,1-3H3. The minimum absolute atomic E-state index is 0.189. The topological polar surface area (TPSA) is 86.7 Å². The lowest BCUT2D eigenvalue weighted by Crippen LogP contribution is -2.51. The zero-order valence-electron chi connectivity index (χ0n) is 11.8.